The predicted molar refractivity (Wildman–Crippen MR) is 104 cm³/mol. The normalized spacial score (nSPS) is 18.8. The smallest absolute Gasteiger partial charge is 0.387 e. The number of carbonyl (C=O) groups is 1. The molecule has 1 unspecified atom stereocenters. The monoisotopic (exact) mass is 500 g/mol. The molecule has 1 fully saturated rings. The average Bonchev–Trinajstić information content (AvgIpc) is 2.70. The number of rotatable bonds is 4. The molecule has 12 heteroatoms. The van der Waals surface area contributed by atoms with Crippen LogP contribution in [-0.4, -0.2) is 27.5 Å². The molecular weight excluding hydrogens is 485 g/mol. The van der Waals surface area contributed by atoms with E-state index in [1.165, 1.54) is 18.2 Å². The van der Waals surface area contributed by atoms with Gasteiger partial charge in [-0.25, -0.2) is 13.2 Å². The first kappa shape index (κ1) is 24.6. The van der Waals surface area contributed by atoms with E-state index in [4.69, 9.17) is 23.2 Å². The van der Waals surface area contributed by atoms with Crippen LogP contribution in [0.5, 0.6) is 0 Å². The fourth-order valence-corrected chi connectivity index (χ4v) is 3.93. The van der Waals surface area contributed by atoms with Gasteiger partial charge in [-0.15, -0.1) is 0 Å². The lowest BCUT2D eigenvalue weighted by Gasteiger charge is -2.42. The van der Waals surface area contributed by atoms with Gasteiger partial charge in [-0.3, -0.25) is 9.78 Å². The fraction of sp³-hybridized carbons (Fsp3) is 0.400. The zero-order valence-corrected chi connectivity index (χ0v) is 17.6. The van der Waals surface area contributed by atoms with Gasteiger partial charge in [0.15, 0.2) is 0 Å². The Labute approximate surface area is 188 Å². The summed E-state index contributed by atoms with van der Waals surface area (Å²) in [5.74, 6) is -5.25. The lowest BCUT2D eigenvalue weighted by atomic mass is 9.75. The van der Waals surface area contributed by atoms with Crippen LogP contribution in [0.1, 0.15) is 53.3 Å². The van der Waals surface area contributed by atoms with E-state index < -0.39 is 77.4 Å². The molecular formula is C20H16Cl2F6N2O2. The van der Waals surface area contributed by atoms with Gasteiger partial charge in [-0.05, 0) is 25.0 Å². The molecule has 0 radical (unpaired) electrons. The standard InChI is InChI=1S/C20H16Cl2F6N2O2/c21-12-3-1-2-10(15(12)23)16(18(32)4-6-19(24,25)7-5-18)30-17(31)11-8-14(20(26,27)28)29-9-13(11)22/h1-3,8-9,16,32H,4-7H2,(H,30,31). The minimum Gasteiger partial charge on any atom is -0.387 e. The maximum Gasteiger partial charge on any atom is 0.433 e. The van der Waals surface area contributed by atoms with Crippen molar-refractivity contribution >= 4 is 29.1 Å². The number of amides is 1. The van der Waals surface area contributed by atoms with Crippen molar-refractivity contribution in [1.82, 2.24) is 10.3 Å². The highest BCUT2D eigenvalue weighted by atomic mass is 35.5. The number of pyridine rings is 1. The highest BCUT2D eigenvalue weighted by Gasteiger charge is 2.48. The second-order valence-electron chi connectivity index (χ2n) is 7.56. The number of carbonyl (C=O) groups excluding carboxylic acids is 1. The van der Waals surface area contributed by atoms with E-state index in [0.717, 1.165) is 0 Å². The van der Waals surface area contributed by atoms with Gasteiger partial charge >= 0.3 is 6.18 Å². The zero-order valence-electron chi connectivity index (χ0n) is 16.1. The van der Waals surface area contributed by atoms with Crippen LogP contribution in [0.25, 0.3) is 0 Å². The first-order chi connectivity index (χ1) is 14.7. The molecule has 1 saturated carbocycles. The van der Waals surface area contributed by atoms with Gasteiger partial charge in [-0.1, -0.05) is 35.3 Å². The summed E-state index contributed by atoms with van der Waals surface area (Å²) in [5, 5.41) is 12.6. The molecule has 1 aromatic carbocycles. The summed E-state index contributed by atoms with van der Waals surface area (Å²) in [4.78, 5) is 16.0. The van der Waals surface area contributed by atoms with Gasteiger partial charge in [0.2, 0.25) is 5.92 Å². The molecule has 4 nitrogen and oxygen atoms in total. The number of nitrogens with one attached hydrogen (secondary N) is 1. The molecule has 1 atom stereocenters. The van der Waals surface area contributed by atoms with E-state index in [9.17, 15) is 36.2 Å². The number of halogens is 8. The highest BCUT2D eigenvalue weighted by Crippen LogP contribution is 2.45. The average molecular weight is 501 g/mol. The topological polar surface area (TPSA) is 62.2 Å². The van der Waals surface area contributed by atoms with Crippen LogP contribution in [-0.2, 0) is 6.18 Å². The van der Waals surface area contributed by atoms with E-state index >= 15 is 0 Å². The number of benzene rings is 1. The molecule has 0 bridgehead atoms. The largest absolute Gasteiger partial charge is 0.433 e. The van der Waals surface area contributed by atoms with Crippen LogP contribution in [0, 0.1) is 5.82 Å². The fourth-order valence-electron chi connectivity index (χ4n) is 3.56. The van der Waals surface area contributed by atoms with Crippen LogP contribution >= 0.6 is 23.2 Å². The van der Waals surface area contributed by atoms with Crippen molar-refractivity contribution in [2.45, 2.75) is 49.4 Å². The second-order valence-corrected chi connectivity index (χ2v) is 8.37. The van der Waals surface area contributed by atoms with Crippen molar-refractivity contribution < 1.29 is 36.2 Å². The van der Waals surface area contributed by atoms with Gasteiger partial charge < -0.3 is 10.4 Å². The quantitative estimate of drug-likeness (QED) is 0.509. The summed E-state index contributed by atoms with van der Waals surface area (Å²) in [6.07, 6.45) is -6.71. The number of alkyl halides is 5. The summed E-state index contributed by atoms with van der Waals surface area (Å²) in [6.45, 7) is 0. The first-order valence-corrected chi connectivity index (χ1v) is 10.1. The lowest BCUT2D eigenvalue weighted by molar-refractivity contribution is -0.141. The SMILES string of the molecule is O=C(NC(c1cccc(Cl)c1F)C1(O)CCC(F)(F)CC1)c1cc(C(F)(F)F)ncc1Cl. The van der Waals surface area contributed by atoms with Crippen molar-refractivity contribution in [2.24, 2.45) is 0 Å². The van der Waals surface area contributed by atoms with Crippen LogP contribution in [0.2, 0.25) is 10.0 Å². The van der Waals surface area contributed by atoms with E-state index in [0.29, 0.717) is 12.3 Å². The molecule has 1 aliphatic rings. The molecule has 1 amide bonds. The van der Waals surface area contributed by atoms with Crippen molar-refractivity contribution in [3.8, 4) is 0 Å². The Morgan fingerprint density at radius 1 is 1.12 bits per heavy atom. The molecule has 32 heavy (non-hydrogen) atoms. The third-order valence-electron chi connectivity index (χ3n) is 5.34. The lowest BCUT2D eigenvalue weighted by Crippen LogP contribution is -2.50. The van der Waals surface area contributed by atoms with E-state index in [2.05, 4.69) is 10.3 Å². The Bertz CT molecular complexity index is 1020. The number of hydrogen-bond donors (Lipinski definition) is 2. The third kappa shape index (κ3) is 5.13. The molecule has 1 heterocycles. The van der Waals surface area contributed by atoms with Crippen LogP contribution in [0.15, 0.2) is 30.5 Å². The van der Waals surface area contributed by atoms with Gasteiger partial charge in [0.05, 0.1) is 27.3 Å². The number of hydrogen-bond acceptors (Lipinski definition) is 3. The highest BCUT2D eigenvalue weighted by molar-refractivity contribution is 6.33. The number of aliphatic hydroxyl groups is 1. The molecule has 2 N–H and O–H groups in total. The minimum atomic E-state index is -4.87. The summed E-state index contributed by atoms with van der Waals surface area (Å²) >= 11 is 11.6. The van der Waals surface area contributed by atoms with Gasteiger partial charge in [0.1, 0.15) is 11.5 Å². The Morgan fingerprint density at radius 2 is 1.75 bits per heavy atom. The molecule has 2 aromatic rings. The van der Waals surface area contributed by atoms with E-state index in [-0.39, 0.29) is 10.6 Å². The Balaban J connectivity index is 2.02. The van der Waals surface area contributed by atoms with Gasteiger partial charge in [0, 0.05) is 24.6 Å². The molecule has 0 saturated heterocycles. The first-order valence-electron chi connectivity index (χ1n) is 9.31. The molecule has 174 valence electrons. The van der Waals surface area contributed by atoms with Gasteiger partial charge in [0.25, 0.3) is 5.91 Å². The second kappa shape index (κ2) is 8.72. The molecule has 1 aromatic heterocycles. The Kier molecular flexibility index (Phi) is 6.70. The maximum absolute atomic E-state index is 14.8. The Morgan fingerprint density at radius 3 is 2.34 bits per heavy atom. The number of nitrogens with zero attached hydrogens (tertiary/aromatic N) is 1. The third-order valence-corrected chi connectivity index (χ3v) is 5.94. The van der Waals surface area contributed by atoms with E-state index in [1.807, 2.05) is 0 Å². The van der Waals surface area contributed by atoms with Crippen molar-refractivity contribution in [3.63, 3.8) is 0 Å². The van der Waals surface area contributed by atoms with Crippen molar-refractivity contribution in [2.75, 3.05) is 0 Å². The Hall–Kier alpha value is -2.04. The van der Waals surface area contributed by atoms with Crippen molar-refractivity contribution in [3.05, 3.63) is 63.1 Å². The minimum absolute atomic E-state index is 0.306. The van der Waals surface area contributed by atoms with Crippen LogP contribution in [0.4, 0.5) is 26.3 Å². The molecule has 3 rings (SSSR count). The summed E-state index contributed by atoms with van der Waals surface area (Å²) in [7, 11) is 0. The molecule has 1 aliphatic carbocycles. The summed E-state index contributed by atoms with van der Waals surface area (Å²) < 4.78 is 81.1. The zero-order chi connectivity index (χ0) is 23.9. The molecule has 0 spiro atoms. The van der Waals surface area contributed by atoms with Gasteiger partial charge in [-0.2, -0.15) is 13.2 Å². The van der Waals surface area contributed by atoms with Crippen LogP contribution in [0.3, 0.4) is 0 Å². The maximum atomic E-state index is 14.8. The summed E-state index contributed by atoms with van der Waals surface area (Å²) in [6, 6.07) is 2.52. The number of aromatic nitrogens is 1. The van der Waals surface area contributed by atoms with Crippen LogP contribution < -0.4 is 5.32 Å². The predicted octanol–water partition coefficient (Wildman–Crippen LogP) is 5.96. The summed E-state index contributed by atoms with van der Waals surface area (Å²) in [5.41, 5.74) is -4.35. The molecule has 0 aliphatic heterocycles. The van der Waals surface area contributed by atoms with E-state index in [1.54, 1.807) is 0 Å². The van der Waals surface area contributed by atoms with Crippen molar-refractivity contribution in [1.29, 1.82) is 0 Å².